The van der Waals surface area contributed by atoms with Crippen LogP contribution in [0.4, 0.5) is 0 Å². The molecule has 0 aromatic heterocycles. The van der Waals surface area contributed by atoms with Gasteiger partial charge in [-0.25, -0.2) is 0 Å². The molecule has 0 bridgehead atoms. The highest BCUT2D eigenvalue weighted by Crippen LogP contribution is 2.09. The monoisotopic (exact) mass is 225 g/mol. The molecule has 2 rings (SSSR count). The molecule has 2 heterocycles. The second kappa shape index (κ2) is 6.21. The Kier molecular flexibility index (Phi) is 4.60. The molecule has 0 unspecified atom stereocenters. The first kappa shape index (κ1) is 11.9. The third-order valence-electron chi connectivity index (χ3n) is 3.53. The minimum Gasteiger partial charge on any atom is -0.339 e. The van der Waals surface area contributed by atoms with E-state index in [-0.39, 0.29) is 0 Å². The van der Waals surface area contributed by atoms with Crippen molar-refractivity contribution in [1.82, 2.24) is 15.1 Å². The summed E-state index contributed by atoms with van der Waals surface area (Å²) in [5, 5.41) is 3.28. The van der Waals surface area contributed by atoms with E-state index in [0.717, 1.165) is 39.3 Å². The number of amides is 1. The number of carbonyl (C=O) groups excluding carboxylic acids is 1. The van der Waals surface area contributed by atoms with Crippen molar-refractivity contribution in [2.75, 3.05) is 45.8 Å². The van der Waals surface area contributed by atoms with Crippen molar-refractivity contribution in [2.45, 2.75) is 25.7 Å². The van der Waals surface area contributed by atoms with Gasteiger partial charge < -0.3 is 10.2 Å². The first-order valence-corrected chi connectivity index (χ1v) is 6.57. The molecule has 1 amide bonds. The number of carbonyl (C=O) groups is 1. The first-order chi connectivity index (χ1) is 7.86. The molecule has 92 valence electrons. The van der Waals surface area contributed by atoms with Gasteiger partial charge in [0.15, 0.2) is 0 Å². The molecule has 2 saturated heterocycles. The van der Waals surface area contributed by atoms with E-state index < -0.39 is 0 Å². The van der Waals surface area contributed by atoms with Crippen LogP contribution in [0.2, 0.25) is 0 Å². The lowest BCUT2D eigenvalue weighted by molar-refractivity contribution is -0.133. The van der Waals surface area contributed by atoms with Crippen molar-refractivity contribution in [3.05, 3.63) is 0 Å². The number of nitrogens with zero attached hydrogens (tertiary/aromatic N) is 2. The van der Waals surface area contributed by atoms with Gasteiger partial charge in [0.25, 0.3) is 0 Å². The van der Waals surface area contributed by atoms with Crippen LogP contribution in [0.25, 0.3) is 0 Å². The minimum atomic E-state index is 0.323. The molecule has 2 fully saturated rings. The van der Waals surface area contributed by atoms with Crippen LogP contribution in [0.1, 0.15) is 25.7 Å². The average molecular weight is 225 g/mol. The van der Waals surface area contributed by atoms with Crippen molar-refractivity contribution in [3.8, 4) is 0 Å². The van der Waals surface area contributed by atoms with Gasteiger partial charge in [-0.05, 0) is 25.9 Å². The van der Waals surface area contributed by atoms with Gasteiger partial charge >= 0.3 is 0 Å². The van der Waals surface area contributed by atoms with E-state index in [9.17, 15) is 4.79 Å². The molecule has 0 aromatic rings. The molecule has 0 saturated carbocycles. The van der Waals surface area contributed by atoms with Gasteiger partial charge in [-0.2, -0.15) is 0 Å². The van der Waals surface area contributed by atoms with Gasteiger partial charge in [0, 0.05) is 26.2 Å². The number of likely N-dealkylation sites (tertiary alicyclic amines) is 1. The van der Waals surface area contributed by atoms with Crippen molar-refractivity contribution < 1.29 is 4.79 Å². The van der Waals surface area contributed by atoms with E-state index in [4.69, 9.17) is 0 Å². The van der Waals surface area contributed by atoms with Crippen LogP contribution in [0, 0.1) is 0 Å². The fourth-order valence-corrected chi connectivity index (χ4v) is 2.50. The Bertz CT molecular complexity index is 218. The number of rotatable bonds is 2. The minimum absolute atomic E-state index is 0.323. The molecule has 0 aliphatic carbocycles. The molecule has 4 nitrogen and oxygen atoms in total. The van der Waals surface area contributed by atoms with Crippen molar-refractivity contribution in [1.29, 1.82) is 0 Å². The third-order valence-corrected chi connectivity index (χ3v) is 3.53. The Morgan fingerprint density at radius 1 is 0.938 bits per heavy atom. The average Bonchev–Trinajstić information content (AvgIpc) is 2.59. The topological polar surface area (TPSA) is 35.6 Å². The van der Waals surface area contributed by atoms with Crippen LogP contribution >= 0.6 is 0 Å². The molecule has 2 aliphatic rings. The second-order valence-electron chi connectivity index (χ2n) is 4.82. The fourth-order valence-electron chi connectivity index (χ4n) is 2.50. The summed E-state index contributed by atoms with van der Waals surface area (Å²) in [6.45, 7) is 6.52. The second-order valence-corrected chi connectivity index (χ2v) is 4.82. The predicted octanol–water partition coefficient (Wildman–Crippen LogP) is 0.294. The van der Waals surface area contributed by atoms with Crippen LogP contribution in [0.15, 0.2) is 0 Å². The predicted molar refractivity (Wildman–Crippen MR) is 64.4 cm³/mol. The zero-order valence-corrected chi connectivity index (χ0v) is 10.1. The molecular formula is C12H23N3O. The highest BCUT2D eigenvalue weighted by atomic mass is 16.2. The molecule has 16 heavy (non-hydrogen) atoms. The summed E-state index contributed by atoms with van der Waals surface area (Å²) in [6.07, 6.45) is 5.18. The molecule has 0 spiro atoms. The zero-order valence-electron chi connectivity index (χ0n) is 10.1. The van der Waals surface area contributed by atoms with Crippen molar-refractivity contribution >= 4 is 5.91 Å². The Labute approximate surface area is 98.0 Å². The van der Waals surface area contributed by atoms with E-state index in [1.165, 1.54) is 25.7 Å². The largest absolute Gasteiger partial charge is 0.339 e. The van der Waals surface area contributed by atoms with Gasteiger partial charge in [-0.1, -0.05) is 12.8 Å². The molecule has 2 aliphatic heterocycles. The summed E-state index contributed by atoms with van der Waals surface area (Å²) in [4.78, 5) is 16.4. The van der Waals surface area contributed by atoms with Crippen molar-refractivity contribution in [2.24, 2.45) is 0 Å². The SMILES string of the molecule is O=C(CN1CCCCCC1)N1CCNCC1. The molecule has 1 N–H and O–H groups in total. The van der Waals surface area contributed by atoms with Crippen molar-refractivity contribution in [3.63, 3.8) is 0 Å². The first-order valence-electron chi connectivity index (χ1n) is 6.57. The maximum absolute atomic E-state index is 12.0. The smallest absolute Gasteiger partial charge is 0.236 e. The fraction of sp³-hybridized carbons (Fsp3) is 0.917. The zero-order chi connectivity index (χ0) is 11.2. The summed E-state index contributed by atoms with van der Waals surface area (Å²) in [6, 6.07) is 0. The van der Waals surface area contributed by atoms with E-state index in [2.05, 4.69) is 10.2 Å². The lowest BCUT2D eigenvalue weighted by Gasteiger charge is -2.30. The standard InChI is InChI=1S/C12H23N3O/c16-12(15-9-5-13-6-10-15)11-14-7-3-1-2-4-8-14/h13H,1-11H2. The van der Waals surface area contributed by atoms with Gasteiger partial charge in [0.2, 0.25) is 5.91 Å². The summed E-state index contributed by atoms with van der Waals surface area (Å²) in [7, 11) is 0. The summed E-state index contributed by atoms with van der Waals surface area (Å²) >= 11 is 0. The Hall–Kier alpha value is -0.610. The number of hydrogen-bond donors (Lipinski definition) is 1. The van der Waals surface area contributed by atoms with E-state index in [1.54, 1.807) is 0 Å². The van der Waals surface area contributed by atoms with Gasteiger partial charge in [-0.15, -0.1) is 0 Å². The van der Waals surface area contributed by atoms with Gasteiger partial charge in [0.1, 0.15) is 0 Å². The third kappa shape index (κ3) is 3.46. The maximum Gasteiger partial charge on any atom is 0.236 e. The van der Waals surface area contributed by atoms with Crippen LogP contribution in [0.5, 0.6) is 0 Å². The van der Waals surface area contributed by atoms with Crippen LogP contribution in [-0.4, -0.2) is 61.5 Å². The van der Waals surface area contributed by atoms with Crippen LogP contribution < -0.4 is 5.32 Å². The highest BCUT2D eigenvalue weighted by Gasteiger charge is 2.19. The number of hydrogen-bond acceptors (Lipinski definition) is 3. The van der Waals surface area contributed by atoms with Gasteiger partial charge in [-0.3, -0.25) is 9.69 Å². The molecule has 0 aromatic carbocycles. The Morgan fingerprint density at radius 2 is 1.56 bits per heavy atom. The quantitative estimate of drug-likeness (QED) is 0.734. The molecule has 0 atom stereocenters. The van der Waals surface area contributed by atoms with E-state index >= 15 is 0 Å². The maximum atomic E-state index is 12.0. The normalized spacial score (nSPS) is 24.1. The molecular weight excluding hydrogens is 202 g/mol. The van der Waals surface area contributed by atoms with E-state index in [0.29, 0.717) is 12.5 Å². The van der Waals surface area contributed by atoms with Gasteiger partial charge in [0.05, 0.1) is 6.54 Å². The number of nitrogens with one attached hydrogen (secondary N) is 1. The molecule has 4 heteroatoms. The lowest BCUT2D eigenvalue weighted by atomic mass is 10.2. The lowest BCUT2D eigenvalue weighted by Crippen LogP contribution is -2.49. The number of piperazine rings is 1. The summed E-state index contributed by atoms with van der Waals surface area (Å²) in [5.74, 6) is 0.323. The summed E-state index contributed by atoms with van der Waals surface area (Å²) in [5.41, 5.74) is 0. The molecule has 0 radical (unpaired) electrons. The summed E-state index contributed by atoms with van der Waals surface area (Å²) < 4.78 is 0. The van der Waals surface area contributed by atoms with Crippen LogP contribution in [-0.2, 0) is 4.79 Å². The highest BCUT2D eigenvalue weighted by molar-refractivity contribution is 5.78. The Morgan fingerprint density at radius 3 is 2.19 bits per heavy atom. The van der Waals surface area contributed by atoms with E-state index in [1.807, 2.05) is 4.90 Å². The van der Waals surface area contributed by atoms with Crippen LogP contribution in [0.3, 0.4) is 0 Å². The Balaban J connectivity index is 1.76.